The van der Waals surface area contributed by atoms with E-state index in [-0.39, 0.29) is 11.6 Å². The first-order valence-corrected chi connectivity index (χ1v) is 12.1. The second-order valence-corrected chi connectivity index (χ2v) is 9.14. The lowest BCUT2D eigenvalue weighted by molar-refractivity contribution is -0.947. The van der Waals surface area contributed by atoms with Gasteiger partial charge in [0.05, 0.1) is 24.7 Å². The molecule has 3 aromatic carbocycles. The molecule has 0 bridgehead atoms. The highest BCUT2D eigenvalue weighted by molar-refractivity contribution is 5.94. The van der Waals surface area contributed by atoms with Crippen LogP contribution in [0.3, 0.4) is 0 Å². The van der Waals surface area contributed by atoms with Crippen LogP contribution < -0.4 is 0 Å². The zero-order valence-corrected chi connectivity index (χ0v) is 19.9. The molecule has 0 atom stereocenters. The Bertz CT molecular complexity index is 1100. The highest BCUT2D eigenvalue weighted by atomic mass is 16.6. The molecule has 1 aliphatic heterocycles. The topological polar surface area (TPSA) is 72.7 Å². The van der Waals surface area contributed by atoms with Crippen LogP contribution in [0.1, 0.15) is 27.9 Å². The lowest BCUT2D eigenvalue weighted by Gasteiger charge is -2.42. The van der Waals surface area contributed by atoms with E-state index < -0.39 is 4.92 Å². The van der Waals surface area contributed by atoms with Crippen molar-refractivity contribution in [2.45, 2.75) is 19.5 Å². The maximum absolute atomic E-state index is 13.4. The summed E-state index contributed by atoms with van der Waals surface area (Å²) in [5, 5.41) is 11.0. The van der Waals surface area contributed by atoms with Crippen LogP contribution in [0.5, 0.6) is 0 Å². The molecule has 1 amide bonds. The number of benzene rings is 3. The summed E-state index contributed by atoms with van der Waals surface area (Å²) in [7, 11) is 0. The van der Waals surface area contributed by atoms with Gasteiger partial charge in [0.2, 0.25) is 0 Å². The van der Waals surface area contributed by atoms with Crippen LogP contribution in [-0.4, -0.2) is 59.6 Å². The van der Waals surface area contributed by atoms with Crippen molar-refractivity contribution in [3.8, 4) is 0 Å². The van der Waals surface area contributed by atoms with Crippen molar-refractivity contribution in [1.29, 1.82) is 0 Å². The van der Waals surface area contributed by atoms with E-state index >= 15 is 0 Å². The van der Waals surface area contributed by atoms with Crippen molar-refractivity contribution in [3.63, 3.8) is 0 Å². The quantitative estimate of drug-likeness (QED) is 0.243. The molecule has 1 aliphatic rings. The molecule has 4 rings (SSSR count). The molecule has 7 heteroatoms. The average molecular weight is 475 g/mol. The van der Waals surface area contributed by atoms with E-state index in [1.165, 1.54) is 17.7 Å². The van der Waals surface area contributed by atoms with Gasteiger partial charge in [0.1, 0.15) is 19.6 Å². The van der Waals surface area contributed by atoms with E-state index in [1.54, 1.807) is 12.1 Å². The minimum absolute atomic E-state index is 0.0177. The molecular weight excluding hydrogens is 442 g/mol. The van der Waals surface area contributed by atoms with Gasteiger partial charge in [-0.3, -0.25) is 14.9 Å². The zero-order chi connectivity index (χ0) is 24.5. The summed E-state index contributed by atoms with van der Waals surface area (Å²) in [6, 6.07) is 26.4. The Morgan fingerprint density at radius 2 is 1.49 bits per heavy atom. The molecule has 0 N–H and O–H groups in total. The Morgan fingerprint density at radius 3 is 2.09 bits per heavy atom. The predicted molar refractivity (Wildman–Crippen MR) is 135 cm³/mol. The van der Waals surface area contributed by atoms with Gasteiger partial charge in [-0.1, -0.05) is 60.7 Å². The number of amides is 1. The van der Waals surface area contributed by atoms with Crippen LogP contribution in [0, 0.1) is 10.1 Å². The van der Waals surface area contributed by atoms with E-state index in [9.17, 15) is 14.9 Å². The molecule has 1 heterocycles. The molecule has 0 aromatic heterocycles. The van der Waals surface area contributed by atoms with Gasteiger partial charge in [0.25, 0.3) is 11.6 Å². The van der Waals surface area contributed by atoms with Gasteiger partial charge in [-0.25, -0.2) is 0 Å². The summed E-state index contributed by atoms with van der Waals surface area (Å²) in [4.78, 5) is 25.8. The minimum Gasteiger partial charge on any atom is -0.370 e. The number of rotatable bonds is 10. The molecule has 0 spiro atoms. The third kappa shape index (κ3) is 6.74. The Labute approximate surface area is 206 Å². The highest BCUT2D eigenvalue weighted by Crippen LogP contribution is 2.20. The summed E-state index contributed by atoms with van der Waals surface area (Å²) < 4.78 is 6.62. The van der Waals surface area contributed by atoms with E-state index in [0.717, 1.165) is 55.9 Å². The number of nitro benzene ring substituents is 1. The molecule has 1 fully saturated rings. The number of quaternary nitrogens is 1. The Hall–Kier alpha value is -3.55. The molecule has 0 unspecified atom stereocenters. The van der Waals surface area contributed by atoms with E-state index in [0.29, 0.717) is 18.7 Å². The maximum atomic E-state index is 13.4. The third-order valence-corrected chi connectivity index (χ3v) is 6.67. The molecule has 1 saturated heterocycles. The van der Waals surface area contributed by atoms with E-state index in [1.807, 2.05) is 41.3 Å². The number of hydrogen-bond donors (Lipinski definition) is 0. The van der Waals surface area contributed by atoms with Crippen LogP contribution in [-0.2, 0) is 17.8 Å². The Balaban J connectivity index is 1.47. The number of nitro groups is 1. The zero-order valence-electron chi connectivity index (χ0n) is 19.9. The summed E-state index contributed by atoms with van der Waals surface area (Å²) in [5.41, 5.74) is 2.82. The number of carbonyl (C=O) groups excluding carboxylic acids is 1. The summed E-state index contributed by atoms with van der Waals surface area (Å²) >= 11 is 0. The van der Waals surface area contributed by atoms with Crippen molar-refractivity contribution in [1.82, 2.24) is 4.90 Å². The monoisotopic (exact) mass is 474 g/mol. The Morgan fingerprint density at radius 1 is 0.886 bits per heavy atom. The fourth-order valence-corrected chi connectivity index (χ4v) is 4.72. The van der Waals surface area contributed by atoms with Gasteiger partial charge in [-0.05, 0) is 17.7 Å². The molecule has 3 aromatic rings. The number of morpholine rings is 1. The van der Waals surface area contributed by atoms with E-state index in [2.05, 4.69) is 24.3 Å². The van der Waals surface area contributed by atoms with Crippen molar-refractivity contribution in [2.75, 3.05) is 39.4 Å². The molecule has 0 saturated carbocycles. The first kappa shape index (κ1) is 24.6. The maximum Gasteiger partial charge on any atom is 0.269 e. The van der Waals surface area contributed by atoms with Crippen molar-refractivity contribution in [2.24, 2.45) is 0 Å². The molecule has 7 nitrogen and oxygen atoms in total. The summed E-state index contributed by atoms with van der Waals surface area (Å²) in [6.07, 6.45) is 0.860. The standard InChI is InChI=1S/C28H32N3O4/c32-28(26-12-14-27(15-13-26)30(33)34)29(22-24-8-3-1-4-9-24)16-7-17-31(18-20-35-21-19-31)23-25-10-5-2-6-11-25/h1-6,8-15H,7,16-23H2/q+1. The average Bonchev–Trinajstić information content (AvgIpc) is 2.89. The normalized spacial score (nSPS) is 14.9. The van der Waals surface area contributed by atoms with Crippen LogP contribution in [0.15, 0.2) is 84.9 Å². The molecule has 35 heavy (non-hydrogen) atoms. The van der Waals surface area contributed by atoms with Crippen LogP contribution in [0.4, 0.5) is 5.69 Å². The van der Waals surface area contributed by atoms with Gasteiger partial charge in [-0.2, -0.15) is 0 Å². The van der Waals surface area contributed by atoms with Gasteiger partial charge in [-0.15, -0.1) is 0 Å². The number of nitrogens with zero attached hydrogens (tertiary/aromatic N) is 3. The SMILES string of the molecule is O=C(c1ccc([N+](=O)[O-])cc1)N(CCC[N+]1(Cc2ccccc2)CCOCC1)Cc1ccccc1. The largest absolute Gasteiger partial charge is 0.370 e. The fourth-order valence-electron chi connectivity index (χ4n) is 4.72. The number of hydrogen-bond acceptors (Lipinski definition) is 4. The minimum atomic E-state index is -0.450. The highest BCUT2D eigenvalue weighted by Gasteiger charge is 2.31. The van der Waals surface area contributed by atoms with Crippen LogP contribution >= 0.6 is 0 Å². The van der Waals surface area contributed by atoms with Crippen LogP contribution in [0.2, 0.25) is 0 Å². The van der Waals surface area contributed by atoms with Crippen molar-refractivity contribution < 1.29 is 18.9 Å². The third-order valence-electron chi connectivity index (χ3n) is 6.67. The number of carbonyl (C=O) groups is 1. The van der Waals surface area contributed by atoms with Gasteiger partial charge in [0, 0.05) is 42.8 Å². The van der Waals surface area contributed by atoms with E-state index in [4.69, 9.17) is 4.74 Å². The van der Waals surface area contributed by atoms with Crippen molar-refractivity contribution in [3.05, 3.63) is 112 Å². The fraction of sp³-hybridized carbons (Fsp3) is 0.321. The number of non-ortho nitro benzene ring substituents is 1. The van der Waals surface area contributed by atoms with Gasteiger partial charge in [0.15, 0.2) is 0 Å². The van der Waals surface area contributed by atoms with Crippen molar-refractivity contribution >= 4 is 11.6 Å². The lowest BCUT2D eigenvalue weighted by Crippen LogP contribution is -2.55. The first-order valence-electron chi connectivity index (χ1n) is 12.1. The Kier molecular flexibility index (Phi) is 8.23. The second kappa shape index (κ2) is 11.7. The molecular formula is C28H32N3O4+. The first-order chi connectivity index (χ1) is 17.0. The lowest BCUT2D eigenvalue weighted by atomic mass is 10.1. The van der Waals surface area contributed by atoms with Gasteiger partial charge >= 0.3 is 0 Å². The summed E-state index contributed by atoms with van der Waals surface area (Å²) in [6.45, 7) is 6.45. The smallest absolute Gasteiger partial charge is 0.269 e. The number of ether oxygens (including phenoxy) is 1. The molecule has 0 aliphatic carbocycles. The predicted octanol–water partition coefficient (Wildman–Crippen LogP) is 4.67. The van der Waals surface area contributed by atoms with Crippen LogP contribution in [0.25, 0.3) is 0 Å². The summed E-state index contributed by atoms with van der Waals surface area (Å²) in [5.74, 6) is -0.111. The molecule has 0 radical (unpaired) electrons. The van der Waals surface area contributed by atoms with Gasteiger partial charge < -0.3 is 14.1 Å². The molecule has 182 valence electrons. The second-order valence-electron chi connectivity index (χ2n) is 9.14.